The lowest BCUT2D eigenvalue weighted by molar-refractivity contribution is -0.571. The van der Waals surface area contributed by atoms with Gasteiger partial charge in [0.25, 0.3) is 6.33 Å². The molecule has 0 aliphatic carbocycles. The fourth-order valence-corrected chi connectivity index (χ4v) is 4.87. The Morgan fingerprint density at radius 3 is 2.16 bits per heavy atom. The van der Waals surface area contributed by atoms with Crippen LogP contribution < -0.4 is 9.75 Å². The van der Waals surface area contributed by atoms with E-state index in [0.717, 1.165) is 5.69 Å². The molecule has 1 heterocycles. The first kappa shape index (κ1) is 15.9. The summed E-state index contributed by atoms with van der Waals surface area (Å²) in [6.07, 6.45) is 3.59. The Hall–Kier alpha value is -2.65. The van der Waals surface area contributed by atoms with Gasteiger partial charge in [-0.25, -0.2) is 0 Å². The number of hydrogen-bond donors (Lipinski definition) is 0. The van der Waals surface area contributed by atoms with E-state index in [1.165, 1.54) is 21.9 Å². The van der Waals surface area contributed by atoms with E-state index in [1.54, 1.807) is 0 Å². The number of aromatic nitrogens is 2. The number of benzene rings is 3. The molecule has 3 aromatic carbocycles. The lowest BCUT2D eigenvalue weighted by Gasteiger charge is -2.21. The Morgan fingerprint density at radius 2 is 1.40 bits per heavy atom. The third-order valence-corrected chi connectivity index (χ3v) is 6.57. The number of hydrogen-bond acceptors (Lipinski definition) is 0. The van der Waals surface area contributed by atoms with Gasteiger partial charge >= 0.3 is 0 Å². The van der Waals surface area contributed by atoms with E-state index in [0.29, 0.717) is 0 Å². The molecule has 0 fully saturated rings. The van der Waals surface area contributed by atoms with E-state index in [9.17, 15) is 0 Å². The summed E-state index contributed by atoms with van der Waals surface area (Å²) in [5, 5.41) is 1.45. The zero-order chi connectivity index (χ0) is 17.4. The van der Waals surface area contributed by atoms with Crippen molar-refractivity contribution in [1.82, 2.24) is 4.57 Å². The number of nitrogens with zero attached hydrogens (tertiary/aromatic N) is 2. The summed E-state index contributed by atoms with van der Waals surface area (Å²) in [7, 11) is -1.47. The van der Waals surface area contributed by atoms with Gasteiger partial charge in [0.2, 0.25) is 0 Å². The van der Waals surface area contributed by atoms with Gasteiger partial charge in [-0.2, -0.15) is 0 Å². The highest BCUT2D eigenvalue weighted by Crippen LogP contribution is 2.18. The first-order chi connectivity index (χ1) is 12.1. The number of para-hydroxylation sites is 4. The lowest BCUT2D eigenvalue weighted by atomic mass is 10.2. The molecule has 0 N–H and O–H groups in total. The number of rotatable bonds is 3. The minimum absolute atomic E-state index is 1.13. The van der Waals surface area contributed by atoms with Crippen LogP contribution in [0.15, 0.2) is 78.9 Å². The SMILES string of the molecule is C[Si](C)(C)c1ccccc1-[n+]1[c-]n(-c2ccccc2)c2ccccc21. The second-order valence-corrected chi connectivity index (χ2v) is 12.4. The highest BCUT2D eigenvalue weighted by atomic mass is 28.3. The smallest absolute Gasteiger partial charge is 0.269 e. The highest BCUT2D eigenvalue weighted by molar-refractivity contribution is 6.89. The molecule has 0 spiro atoms. The average molecular weight is 343 g/mol. The molecule has 0 amide bonds. The summed E-state index contributed by atoms with van der Waals surface area (Å²) in [5.74, 6) is 0. The van der Waals surface area contributed by atoms with Gasteiger partial charge in [0, 0.05) is 0 Å². The first-order valence-electron chi connectivity index (χ1n) is 8.66. The van der Waals surface area contributed by atoms with Crippen LogP contribution in [0, 0.1) is 6.33 Å². The van der Waals surface area contributed by atoms with Gasteiger partial charge in [-0.3, -0.25) is 9.13 Å². The summed E-state index contributed by atoms with van der Waals surface area (Å²) in [6.45, 7) is 7.17. The molecule has 0 radical (unpaired) electrons. The van der Waals surface area contributed by atoms with Crippen LogP contribution in [0.2, 0.25) is 19.6 Å². The van der Waals surface area contributed by atoms with Crippen molar-refractivity contribution in [3.63, 3.8) is 0 Å². The van der Waals surface area contributed by atoms with Crippen LogP contribution in [-0.2, 0) is 0 Å². The Bertz CT molecular complexity index is 1030. The number of fused-ring (bicyclic) bond motifs is 1. The van der Waals surface area contributed by atoms with E-state index >= 15 is 0 Å². The van der Waals surface area contributed by atoms with Gasteiger partial charge in [-0.05, 0) is 23.4 Å². The molecule has 3 heteroatoms. The zero-order valence-corrected chi connectivity index (χ0v) is 15.9. The minimum Gasteiger partial charge on any atom is -0.292 e. The van der Waals surface area contributed by atoms with Crippen molar-refractivity contribution in [1.29, 1.82) is 0 Å². The molecule has 4 aromatic rings. The van der Waals surface area contributed by atoms with Gasteiger partial charge in [-0.15, -0.1) is 0 Å². The predicted octanol–water partition coefficient (Wildman–Crippen LogP) is 4.25. The van der Waals surface area contributed by atoms with E-state index in [4.69, 9.17) is 0 Å². The molecule has 0 atom stereocenters. The summed E-state index contributed by atoms with van der Waals surface area (Å²) < 4.78 is 4.37. The van der Waals surface area contributed by atoms with E-state index < -0.39 is 8.07 Å². The fourth-order valence-electron chi connectivity index (χ4n) is 3.31. The quantitative estimate of drug-likeness (QED) is 0.299. The van der Waals surface area contributed by atoms with Gasteiger partial charge in [-0.1, -0.05) is 80.3 Å². The van der Waals surface area contributed by atoms with Crippen LogP contribution in [-0.4, -0.2) is 12.6 Å². The maximum Gasteiger partial charge on any atom is 0.269 e. The molecule has 0 aliphatic rings. The second-order valence-electron chi connectivity index (χ2n) is 7.36. The highest BCUT2D eigenvalue weighted by Gasteiger charge is 2.22. The lowest BCUT2D eigenvalue weighted by Crippen LogP contribution is -2.46. The summed E-state index contributed by atoms with van der Waals surface area (Å²) in [5.41, 5.74) is 4.71. The van der Waals surface area contributed by atoms with Crippen molar-refractivity contribution < 1.29 is 4.57 Å². The van der Waals surface area contributed by atoms with E-state index in [-0.39, 0.29) is 0 Å². The molecule has 0 bridgehead atoms. The van der Waals surface area contributed by atoms with E-state index in [2.05, 4.69) is 108 Å². The fraction of sp³-hybridized carbons (Fsp3) is 0.136. The molecular weight excluding hydrogens is 320 g/mol. The Kier molecular flexibility index (Phi) is 3.81. The first-order valence-corrected chi connectivity index (χ1v) is 12.2. The number of imidazole rings is 1. The van der Waals surface area contributed by atoms with Crippen molar-refractivity contribution in [2.45, 2.75) is 19.6 Å². The predicted molar refractivity (Wildman–Crippen MR) is 107 cm³/mol. The molecule has 4 rings (SSSR count). The van der Waals surface area contributed by atoms with Crippen molar-refractivity contribution in [3.05, 3.63) is 85.2 Å². The zero-order valence-electron chi connectivity index (χ0n) is 14.9. The van der Waals surface area contributed by atoms with Crippen molar-refractivity contribution in [2.75, 3.05) is 0 Å². The summed E-state index contributed by atoms with van der Waals surface area (Å²) >= 11 is 0. The normalized spacial score (nSPS) is 11.8. The van der Waals surface area contributed by atoms with Crippen LogP contribution in [0.25, 0.3) is 22.4 Å². The van der Waals surface area contributed by atoms with Gasteiger partial charge in [0.05, 0.1) is 30.5 Å². The molecule has 0 saturated carbocycles. The van der Waals surface area contributed by atoms with Crippen LogP contribution in [0.4, 0.5) is 0 Å². The summed E-state index contributed by atoms with van der Waals surface area (Å²) in [6, 6.07) is 27.7. The molecule has 0 saturated heterocycles. The average Bonchev–Trinajstić information content (AvgIpc) is 3.01. The van der Waals surface area contributed by atoms with Crippen molar-refractivity contribution in [2.24, 2.45) is 0 Å². The van der Waals surface area contributed by atoms with Crippen LogP contribution in [0.5, 0.6) is 0 Å². The molecule has 0 aliphatic heterocycles. The Morgan fingerprint density at radius 1 is 0.760 bits per heavy atom. The molecule has 25 heavy (non-hydrogen) atoms. The largest absolute Gasteiger partial charge is 0.292 e. The third kappa shape index (κ3) is 2.81. The standard InChI is InChI=1S/C22H22N2Si/c1-25(2,3)22-16-10-9-15-21(22)24-17-23(18-11-5-4-6-12-18)19-13-7-8-14-20(19)24/h4-16H,1-3H3. The maximum atomic E-state index is 3.59. The van der Waals surface area contributed by atoms with E-state index in [1.807, 2.05) is 6.07 Å². The molecule has 2 nitrogen and oxygen atoms in total. The molecular formula is C22H22N2Si. The molecule has 1 aromatic heterocycles. The Labute approximate surface area is 150 Å². The van der Waals surface area contributed by atoms with Gasteiger partial charge in [0.1, 0.15) is 0 Å². The minimum atomic E-state index is -1.47. The van der Waals surface area contributed by atoms with Gasteiger partial charge < -0.3 is 0 Å². The Balaban J connectivity index is 2.03. The third-order valence-electron chi connectivity index (χ3n) is 4.53. The molecule has 124 valence electrons. The molecule has 0 unspecified atom stereocenters. The maximum absolute atomic E-state index is 3.59. The monoisotopic (exact) mass is 342 g/mol. The van der Waals surface area contributed by atoms with Crippen molar-refractivity contribution in [3.8, 4) is 11.4 Å². The van der Waals surface area contributed by atoms with Crippen LogP contribution in [0.3, 0.4) is 0 Å². The second kappa shape index (κ2) is 6.01. The van der Waals surface area contributed by atoms with Crippen molar-refractivity contribution >= 4 is 24.3 Å². The van der Waals surface area contributed by atoms with Gasteiger partial charge in [0.15, 0.2) is 0 Å². The van der Waals surface area contributed by atoms with Crippen LogP contribution >= 0.6 is 0 Å². The van der Waals surface area contributed by atoms with Crippen LogP contribution in [0.1, 0.15) is 0 Å². The topological polar surface area (TPSA) is 8.81 Å². The summed E-state index contributed by atoms with van der Waals surface area (Å²) in [4.78, 5) is 0.